The van der Waals surface area contributed by atoms with Gasteiger partial charge in [-0.3, -0.25) is 4.90 Å². The van der Waals surface area contributed by atoms with E-state index in [-0.39, 0.29) is 24.3 Å². The van der Waals surface area contributed by atoms with Crippen molar-refractivity contribution in [2.75, 3.05) is 32.0 Å². The predicted molar refractivity (Wildman–Crippen MR) is 99.8 cm³/mol. The van der Waals surface area contributed by atoms with Gasteiger partial charge in [0.05, 0.1) is 5.69 Å². The molecule has 1 saturated heterocycles. The summed E-state index contributed by atoms with van der Waals surface area (Å²) in [6, 6.07) is 1.20. The zero-order valence-electron chi connectivity index (χ0n) is 16.0. The van der Waals surface area contributed by atoms with Gasteiger partial charge < -0.3 is 15.0 Å². The molecule has 4 rings (SSSR count). The summed E-state index contributed by atoms with van der Waals surface area (Å²) in [6.07, 6.45) is -1.68. The third kappa shape index (κ3) is 3.81. The highest BCUT2D eigenvalue weighted by atomic mass is 19.4. The Kier molecular flexibility index (Phi) is 4.76. The van der Waals surface area contributed by atoms with Crippen LogP contribution in [0.3, 0.4) is 0 Å². The van der Waals surface area contributed by atoms with Gasteiger partial charge in [-0.2, -0.15) is 0 Å². The molecule has 3 heterocycles. The maximum absolute atomic E-state index is 12.6. The minimum Gasteiger partial charge on any atom is -0.402 e. The highest BCUT2D eigenvalue weighted by Crippen LogP contribution is 2.49. The molecule has 0 saturated carbocycles. The molecule has 6 nitrogen and oxygen atoms in total. The molecule has 0 unspecified atom stereocenters. The molecule has 1 fully saturated rings. The summed E-state index contributed by atoms with van der Waals surface area (Å²) in [6.45, 7) is 5.59. The molecule has 0 aromatic carbocycles. The van der Waals surface area contributed by atoms with E-state index in [2.05, 4.69) is 19.6 Å². The zero-order valence-corrected chi connectivity index (χ0v) is 16.0. The van der Waals surface area contributed by atoms with Gasteiger partial charge in [0.15, 0.2) is 11.6 Å². The Balaban J connectivity index is 1.66. The van der Waals surface area contributed by atoms with E-state index in [0.29, 0.717) is 17.8 Å². The van der Waals surface area contributed by atoms with E-state index in [4.69, 9.17) is 5.73 Å². The molecule has 1 atom stereocenters. The van der Waals surface area contributed by atoms with Crippen LogP contribution in [0.4, 0.5) is 23.4 Å². The molecule has 0 spiro atoms. The fraction of sp³-hybridized carbons (Fsp3) is 0.474. The number of hydrogen-bond donors (Lipinski definition) is 1. The number of aromatic nitrogens is 3. The Labute approximate surface area is 165 Å². The van der Waals surface area contributed by atoms with E-state index in [1.807, 2.05) is 18.4 Å². The van der Waals surface area contributed by atoms with Crippen molar-refractivity contribution in [1.29, 1.82) is 0 Å². The first-order valence-electron chi connectivity index (χ1n) is 9.30. The van der Waals surface area contributed by atoms with Crippen molar-refractivity contribution < 1.29 is 22.3 Å². The average Bonchev–Trinajstić information content (AvgIpc) is 2.98. The summed E-state index contributed by atoms with van der Waals surface area (Å²) in [5.74, 6) is 0.304. The SMILES string of the molecule is CC(C)c1nc(-c2cnc(N)c(OC(F)(F)F)c2)cn1C1=C2CN(CCF)C[C@H]21. The molecule has 2 aliphatic rings. The lowest BCUT2D eigenvalue weighted by atomic mass is 10.2. The second-order valence-electron chi connectivity index (χ2n) is 7.55. The minimum absolute atomic E-state index is 0.104. The monoisotopic (exact) mass is 411 g/mol. The predicted octanol–water partition coefficient (Wildman–Crippen LogP) is 3.68. The second-order valence-corrected chi connectivity index (χ2v) is 7.55. The molecule has 10 heteroatoms. The molecule has 1 aliphatic heterocycles. The Morgan fingerprint density at radius 1 is 1.34 bits per heavy atom. The average molecular weight is 411 g/mol. The van der Waals surface area contributed by atoms with Gasteiger partial charge in [-0.05, 0) is 11.6 Å². The molecule has 0 radical (unpaired) electrons. The van der Waals surface area contributed by atoms with Crippen molar-refractivity contribution in [3.63, 3.8) is 0 Å². The summed E-state index contributed by atoms with van der Waals surface area (Å²) in [4.78, 5) is 10.5. The van der Waals surface area contributed by atoms with Crippen LogP contribution in [0, 0.1) is 5.92 Å². The van der Waals surface area contributed by atoms with E-state index < -0.39 is 12.1 Å². The summed E-state index contributed by atoms with van der Waals surface area (Å²) < 4.78 is 56.3. The van der Waals surface area contributed by atoms with Gasteiger partial charge in [-0.15, -0.1) is 13.2 Å². The van der Waals surface area contributed by atoms with Crippen molar-refractivity contribution in [2.24, 2.45) is 5.92 Å². The van der Waals surface area contributed by atoms with Crippen LogP contribution in [0.25, 0.3) is 17.0 Å². The Morgan fingerprint density at radius 3 is 2.69 bits per heavy atom. The first-order valence-corrected chi connectivity index (χ1v) is 9.30. The molecule has 0 bridgehead atoms. The molecule has 0 amide bonds. The number of pyridine rings is 1. The first kappa shape index (κ1) is 19.7. The van der Waals surface area contributed by atoms with Crippen LogP contribution in [0.5, 0.6) is 5.75 Å². The number of hydrogen-bond acceptors (Lipinski definition) is 5. The Morgan fingerprint density at radius 2 is 2.10 bits per heavy atom. The summed E-state index contributed by atoms with van der Waals surface area (Å²) >= 11 is 0. The number of alkyl halides is 4. The van der Waals surface area contributed by atoms with Crippen LogP contribution < -0.4 is 10.5 Å². The molecule has 29 heavy (non-hydrogen) atoms. The van der Waals surface area contributed by atoms with E-state index in [1.54, 1.807) is 6.20 Å². The molecular weight excluding hydrogens is 390 g/mol. The van der Waals surface area contributed by atoms with Gasteiger partial charge in [0.1, 0.15) is 12.5 Å². The molecule has 2 N–H and O–H groups in total. The van der Waals surface area contributed by atoms with Crippen LogP contribution in [0.1, 0.15) is 25.6 Å². The van der Waals surface area contributed by atoms with Crippen LogP contribution >= 0.6 is 0 Å². The topological polar surface area (TPSA) is 69.2 Å². The van der Waals surface area contributed by atoms with Crippen LogP contribution in [-0.2, 0) is 0 Å². The molecule has 156 valence electrons. The number of imidazole rings is 1. The first-order chi connectivity index (χ1) is 13.7. The summed E-state index contributed by atoms with van der Waals surface area (Å²) in [5, 5.41) is 0. The van der Waals surface area contributed by atoms with E-state index >= 15 is 0 Å². The van der Waals surface area contributed by atoms with E-state index in [0.717, 1.165) is 24.6 Å². The van der Waals surface area contributed by atoms with Crippen LogP contribution in [0.2, 0.25) is 0 Å². The van der Waals surface area contributed by atoms with Gasteiger partial charge in [0.2, 0.25) is 0 Å². The molecular formula is C19H21F4N5O. The number of nitrogens with two attached hydrogens (primary N) is 1. The summed E-state index contributed by atoms with van der Waals surface area (Å²) in [7, 11) is 0. The van der Waals surface area contributed by atoms with Gasteiger partial charge in [-0.1, -0.05) is 13.8 Å². The Bertz CT molecular complexity index is 966. The minimum atomic E-state index is -4.86. The van der Waals surface area contributed by atoms with Gasteiger partial charge in [0, 0.05) is 55.1 Å². The van der Waals surface area contributed by atoms with Crippen molar-refractivity contribution in [3.8, 4) is 17.0 Å². The fourth-order valence-electron chi connectivity index (χ4n) is 3.81. The summed E-state index contributed by atoms with van der Waals surface area (Å²) in [5.41, 5.74) is 8.81. The van der Waals surface area contributed by atoms with Gasteiger partial charge in [-0.25, -0.2) is 14.4 Å². The van der Waals surface area contributed by atoms with E-state index in [9.17, 15) is 17.6 Å². The standard InChI is InChI=1S/C19H21F4N5O/c1-10(2)18-26-14(11-5-15(17(24)25-6-11)29-19(21,22)23)9-28(18)16-12-7-27(4-3-20)8-13(12)16/h5-6,9-10,12H,3-4,7-8H2,1-2H3,(H2,24,25)/t12-/m1/s1. The van der Waals surface area contributed by atoms with Crippen molar-refractivity contribution in [3.05, 3.63) is 29.9 Å². The largest absolute Gasteiger partial charge is 0.573 e. The number of halogens is 4. The number of nitrogens with zero attached hydrogens (tertiary/aromatic N) is 4. The number of rotatable bonds is 6. The fourth-order valence-corrected chi connectivity index (χ4v) is 3.81. The second kappa shape index (κ2) is 7.01. The van der Waals surface area contributed by atoms with E-state index in [1.165, 1.54) is 17.8 Å². The molecule has 2 aromatic rings. The lowest BCUT2D eigenvalue weighted by Gasteiger charge is -2.15. The normalized spacial score (nSPS) is 19.2. The Hall–Kier alpha value is -2.62. The number of anilines is 1. The lowest BCUT2D eigenvalue weighted by Crippen LogP contribution is -2.24. The van der Waals surface area contributed by atoms with Crippen LogP contribution in [-0.4, -0.2) is 52.1 Å². The molecule has 2 aromatic heterocycles. The number of nitrogen functional groups attached to an aromatic ring is 1. The number of likely N-dealkylation sites (tertiary alicyclic amines) is 1. The third-order valence-corrected chi connectivity index (χ3v) is 5.14. The quantitative estimate of drug-likeness (QED) is 0.735. The van der Waals surface area contributed by atoms with Gasteiger partial charge in [0.25, 0.3) is 0 Å². The highest BCUT2D eigenvalue weighted by Gasteiger charge is 2.45. The lowest BCUT2D eigenvalue weighted by molar-refractivity contribution is -0.274. The van der Waals surface area contributed by atoms with Crippen molar-refractivity contribution in [1.82, 2.24) is 19.4 Å². The van der Waals surface area contributed by atoms with Crippen molar-refractivity contribution >= 4 is 11.5 Å². The zero-order chi connectivity index (χ0) is 20.9. The molecule has 1 aliphatic carbocycles. The smallest absolute Gasteiger partial charge is 0.402 e. The van der Waals surface area contributed by atoms with Crippen molar-refractivity contribution in [2.45, 2.75) is 26.1 Å². The number of ether oxygens (including phenoxy) is 1. The third-order valence-electron chi connectivity index (χ3n) is 5.14. The maximum atomic E-state index is 12.6. The number of fused-ring (bicyclic) bond motifs is 1. The van der Waals surface area contributed by atoms with Crippen LogP contribution in [0.15, 0.2) is 24.0 Å². The van der Waals surface area contributed by atoms with Gasteiger partial charge >= 0.3 is 6.36 Å². The maximum Gasteiger partial charge on any atom is 0.573 e. The highest BCUT2D eigenvalue weighted by molar-refractivity contribution is 5.77.